The summed E-state index contributed by atoms with van der Waals surface area (Å²) < 4.78 is 20.4. The molecule has 0 saturated carbocycles. The molecule has 0 N–H and O–H groups in total. The summed E-state index contributed by atoms with van der Waals surface area (Å²) in [7, 11) is 1.62. The number of amides is 3. The number of hydrogen-bond donors (Lipinski definition) is 0. The van der Waals surface area contributed by atoms with Crippen LogP contribution in [0.25, 0.3) is 0 Å². The molecular formula is C22H26FN3O4. The number of ketones is 1. The summed E-state index contributed by atoms with van der Waals surface area (Å²) in [6.07, 6.45) is 0. The largest absolute Gasteiger partial charge is 0.383 e. The first-order valence-electron chi connectivity index (χ1n) is 9.78. The Kier molecular flexibility index (Phi) is 6.07. The van der Waals surface area contributed by atoms with Crippen LogP contribution in [0.5, 0.6) is 0 Å². The highest BCUT2D eigenvalue weighted by Gasteiger charge is 2.44. The molecule has 0 bridgehead atoms. The summed E-state index contributed by atoms with van der Waals surface area (Å²) in [6, 6.07) is 5.78. The third-order valence-corrected chi connectivity index (χ3v) is 5.49. The fraction of sp³-hybridized carbons (Fsp3) is 0.409. The molecule has 3 rings (SSSR count). The average molecular weight is 415 g/mol. The maximum atomic E-state index is 13.2. The number of rotatable bonds is 7. The average Bonchev–Trinajstić information content (AvgIpc) is 3.11. The number of methoxy groups -OCH3 is 1. The van der Waals surface area contributed by atoms with E-state index in [1.165, 1.54) is 29.2 Å². The molecule has 0 aliphatic carbocycles. The number of ether oxygens (including phenoxy) is 1. The Morgan fingerprint density at radius 3 is 2.43 bits per heavy atom. The fourth-order valence-corrected chi connectivity index (χ4v) is 4.09. The molecule has 2 atom stereocenters. The Bertz CT molecular complexity index is 983. The van der Waals surface area contributed by atoms with Crippen molar-refractivity contribution in [3.05, 3.63) is 53.1 Å². The van der Waals surface area contributed by atoms with Crippen LogP contribution in [-0.2, 0) is 9.53 Å². The van der Waals surface area contributed by atoms with E-state index in [-0.39, 0.29) is 18.4 Å². The van der Waals surface area contributed by atoms with Crippen molar-refractivity contribution in [3.63, 3.8) is 0 Å². The van der Waals surface area contributed by atoms with Crippen LogP contribution in [0.2, 0.25) is 0 Å². The molecule has 7 nitrogen and oxygen atoms in total. The summed E-state index contributed by atoms with van der Waals surface area (Å²) in [5, 5.41) is 0. The van der Waals surface area contributed by atoms with E-state index in [0.717, 1.165) is 16.3 Å². The van der Waals surface area contributed by atoms with Gasteiger partial charge in [0.2, 0.25) is 0 Å². The van der Waals surface area contributed by atoms with E-state index >= 15 is 0 Å². The Labute approximate surface area is 175 Å². The number of aromatic nitrogens is 1. The molecule has 8 heteroatoms. The molecule has 1 fully saturated rings. The SMILES string of the molecule is COCC(C)n1c(C)cc(C(=O)CN2C(=O)C(C)N(c3ccc(F)cc3)C2=O)c1C. The Morgan fingerprint density at radius 2 is 1.83 bits per heavy atom. The van der Waals surface area contributed by atoms with Gasteiger partial charge in [-0.15, -0.1) is 0 Å². The first kappa shape index (κ1) is 21.7. The predicted molar refractivity (Wildman–Crippen MR) is 110 cm³/mol. The van der Waals surface area contributed by atoms with E-state index in [9.17, 15) is 18.8 Å². The zero-order valence-corrected chi connectivity index (χ0v) is 17.8. The Hall–Kier alpha value is -3.00. The lowest BCUT2D eigenvalue weighted by Gasteiger charge is -2.19. The van der Waals surface area contributed by atoms with Gasteiger partial charge in [0, 0.05) is 29.7 Å². The first-order valence-corrected chi connectivity index (χ1v) is 9.78. The summed E-state index contributed by atoms with van der Waals surface area (Å²) in [6.45, 7) is 7.48. The van der Waals surface area contributed by atoms with E-state index in [2.05, 4.69) is 0 Å². The molecule has 3 amide bonds. The van der Waals surface area contributed by atoms with Gasteiger partial charge in [0.1, 0.15) is 11.9 Å². The number of nitrogens with zero attached hydrogens (tertiary/aromatic N) is 3. The maximum Gasteiger partial charge on any atom is 0.332 e. The van der Waals surface area contributed by atoms with Crippen LogP contribution in [0.4, 0.5) is 14.9 Å². The van der Waals surface area contributed by atoms with Gasteiger partial charge >= 0.3 is 6.03 Å². The summed E-state index contributed by atoms with van der Waals surface area (Å²) in [5.74, 6) is -1.21. The van der Waals surface area contributed by atoms with Crippen molar-refractivity contribution in [2.24, 2.45) is 0 Å². The smallest absolute Gasteiger partial charge is 0.332 e. The zero-order chi connectivity index (χ0) is 22.2. The number of urea groups is 1. The van der Waals surface area contributed by atoms with E-state index in [1.807, 2.05) is 25.3 Å². The number of benzene rings is 1. The number of aryl methyl sites for hydroxylation is 1. The van der Waals surface area contributed by atoms with Gasteiger partial charge in [-0.2, -0.15) is 0 Å². The molecule has 2 unspecified atom stereocenters. The third-order valence-electron chi connectivity index (χ3n) is 5.49. The summed E-state index contributed by atoms with van der Waals surface area (Å²) >= 11 is 0. The van der Waals surface area contributed by atoms with Crippen molar-refractivity contribution in [1.82, 2.24) is 9.47 Å². The van der Waals surface area contributed by atoms with Gasteiger partial charge in [-0.1, -0.05) is 0 Å². The zero-order valence-electron chi connectivity index (χ0n) is 17.8. The predicted octanol–water partition coefficient (Wildman–Crippen LogP) is 3.49. The summed E-state index contributed by atoms with van der Waals surface area (Å²) in [5.41, 5.74) is 2.55. The molecule has 1 aromatic heterocycles. The Balaban J connectivity index is 1.83. The van der Waals surface area contributed by atoms with Gasteiger partial charge in [-0.05, 0) is 58.0 Å². The molecule has 2 heterocycles. The highest BCUT2D eigenvalue weighted by Crippen LogP contribution is 2.27. The van der Waals surface area contributed by atoms with Crippen molar-refractivity contribution in [3.8, 4) is 0 Å². The molecule has 1 aliphatic rings. The normalized spacial score (nSPS) is 17.7. The molecular weight excluding hydrogens is 389 g/mol. The van der Waals surface area contributed by atoms with Gasteiger partial charge < -0.3 is 9.30 Å². The highest BCUT2D eigenvalue weighted by molar-refractivity contribution is 6.16. The second kappa shape index (κ2) is 8.39. The standard InChI is InChI=1S/C22H26FN3O4/c1-13-10-19(15(3)25(13)14(2)12-30-5)20(27)11-24-21(28)16(4)26(22(24)29)18-8-6-17(23)7-9-18/h6-10,14,16H,11-12H2,1-5H3. The van der Waals surface area contributed by atoms with Gasteiger partial charge in [-0.3, -0.25) is 19.4 Å². The quantitative estimate of drug-likeness (QED) is 0.513. The molecule has 1 aromatic carbocycles. The number of anilines is 1. The second-order valence-electron chi connectivity index (χ2n) is 7.61. The van der Waals surface area contributed by atoms with Gasteiger partial charge in [0.25, 0.3) is 5.91 Å². The Morgan fingerprint density at radius 1 is 1.20 bits per heavy atom. The molecule has 30 heavy (non-hydrogen) atoms. The van der Waals surface area contributed by atoms with Crippen LogP contribution >= 0.6 is 0 Å². The van der Waals surface area contributed by atoms with E-state index < -0.39 is 23.8 Å². The van der Waals surface area contributed by atoms with Crippen LogP contribution in [0.3, 0.4) is 0 Å². The number of hydrogen-bond acceptors (Lipinski definition) is 4. The van der Waals surface area contributed by atoms with Crippen LogP contribution in [0.1, 0.15) is 41.6 Å². The van der Waals surface area contributed by atoms with Crippen molar-refractivity contribution in [2.45, 2.75) is 39.8 Å². The molecule has 1 aliphatic heterocycles. The van der Waals surface area contributed by atoms with Crippen molar-refractivity contribution in [1.29, 1.82) is 0 Å². The van der Waals surface area contributed by atoms with Crippen LogP contribution in [-0.4, -0.2) is 53.5 Å². The lowest BCUT2D eigenvalue weighted by Crippen LogP contribution is -2.37. The highest BCUT2D eigenvalue weighted by atomic mass is 19.1. The molecule has 0 radical (unpaired) electrons. The minimum Gasteiger partial charge on any atom is -0.383 e. The minimum absolute atomic E-state index is 0.0422. The van der Waals surface area contributed by atoms with Gasteiger partial charge in [0.15, 0.2) is 5.78 Å². The number of carbonyl (C=O) groups excluding carboxylic acids is 3. The van der Waals surface area contributed by atoms with Crippen molar-refractivity contribution in [2.75, 3.05) is 25.2 Å². The third kappa shape index (κ3) is 3.75. The second-order valence-corrected chi connectivity index (χ2v) is 7.61. The van der Waals surface area contributed by atoms with E-state index in [1.54, 1.807) is 20.1 Å². The van der Waals surface area contributed by atoms with Gasteiger partial charge in [-0.25, -0.2) is 9.18 Å². The number of imide groups is 1. The molecule has 0 spiro atoms. The molecule has 1 saturated heterocycles. The monoisotopic (exact) mass is 415 g/mol. The van der Waals surface area contributed by atoms with Gasteiger partial charge in [0.05, 0.1) is 19.2 Å². The molecule has 2 aromatic rings. The van der Waals surface area contributed by atoms with Crippen LogP contribution in [0.15, 0.2) is 30.3 Å². The summed E-state index contributed by atoms with van der Waals surface area (Å²) in [4.78, 5) is 40.8. The number of Topliss-reactive ketones (excluding diaryl/α,β-unsaturated/α-hetero) is 1. The maximum absolute atomic E-state index is 13.2. The lowest BCUT2D eigenvalue weighted by atomic mass is 10.1. The molecule has 160 valence electrons. The van der Waals surface area contributed by atoms with E-state index in [4.69, 9.17) is 4.74 Å². The number of halogens is 1. The topological polar surface area (TPSA) is 71.8 Å². The fourth-order valence-electron chi connectivity index (χ4n) is 4.09. The van der Waals surface area contributed by atoms with Crippen molar-refractivity contribution < 1.29 is 23.5 Å². The van der Waals surface area contributed by atoms with Crippen molar-refractivity contribution >= 4 is 23.4 Å². The lowest BCUT2D eigenvalue weighted by molar-refractivity contribution is -0.126. The van der Waals surface area contributed by atoms with Crippen LogP contribution < -0.4 is 4.90 Å². The van der Waals surface area contributed by atoms with E-state index in [0.29, 0.717) is 17.9 Å². The first-order chi connectivity index (χ1) is 14.2. The minimum atomic E-state index is -0.773. The van der Waals surface area contributed by atoms with Crippen LogP contribution in [0, 0.1) is 19.7 Å². The number of carbonyl (C=O) groups is 3.